The molecule has 1 atom stereocenters. The summed E-state index contributed by atoms with van der Waals surface area (Å²) in [6.45, 7) is 4.66. The molecule has 1 aromatic rings. The van der Waals surface area contributed by atoms with Crippen LogP contribution in [-0.4, -0.2) is 24.8 Å². The van der Waals surface area contributed by atoms with Crippen molar-refractivity contribution in [2.45, 2.75) is 32.1 Å². The van der Waals surface area contributed by atoms with E-state index in [0.29, 0.717) is 0 Å². The number of hydrogen-bond acceptors (Lipinski definition) is 2. The molecule has 1 aliphatic heterocycles. The molecule has 0 aromatic heterocycles. The highest BCUT2D eigenvalue weighted by Crippen LogP contribution is 2.22. The molecule has 0 spiro atoms. The van der Waals surface area contributed by atoms with E-state index in [-0.39, 0.29) is 12.5 Å². The molecule has 2 nitrogen and oxygen atoms in total. The smallest absolute Gasteiger partial charge is 0.0497 e. The van der Waals surface area contributed by atoms with Crippen molar-refractivity contribution < 1.29 is 5.11 Å². The van der Waals surface area contributed by atoms with E-state index in [0.717, 1.165) is 0 Å². The van der Waals surface area contributed by atoms with Crippen LogP contribution in [0.2, 0.25) is 0 Å². The summed E-state index contributed by atoms with van der Waals surface area (Å²) in [5, 5.41) is 9.10. The Balaban J connectivity index is 2.06. The monoisotopic (exact) mass is 219 g/mol. The highest BCUT2D eigenvalue weighted by molar-refractivity contribution is 5.48. The molecule has 1 heterocycles. The Morgan fingerprint density at radius 1 is 1.12 bits per heavy atom. The van der Waals surface area contributed by atoms with Crippen LogP contribution in [0, 0.1) is 0 Å². The van der Waals surface area contributed by atoms with Crippen molar-refractivity contribution in [2.24, 2.45) is 0 Å². The van der Waals surface area contributed by atoms with Gasteiger partial charge in [0.15, 0.2) is 0 Å². The Morgan fingerprint density at radius 3 is 2.31 bits per heavy atom. The number of aliphatic hydroxyl groups is 1. The van der Waals surface area contributed by atoms with Crippen molar-refractivity contribution in [1.29, 1.82) is 0 Å². The number of benzene rings is 1. The van der Waals surface area contributed by atoms with E-state index in [9.17, 15) is 0 Å². The van der Waals surface area contributed by atoms with Gasteiger partial charge in [-0.25, -0.2) is 0 Å². The topological polar surface area (TPSA) is 23.5 Å². The minimum Gasteiger partial charge on any atom is -0.396 e. The molecule has 0 aliphatic carbocycles. The first kappa shape index (κ1) is 11.5. The van der Waals surface area contributed by atoms with Gasteiger partial charge in [0.2, 0.25) is 0 Å². The molecular formula is C14H21NO. The van der Waals surface area contributed by atoms with Gasteiger partial charge in [0.05, 0.1) is 0 Å². The molecule has 2 rings (SSSR count). The molecule has 1 fully saturated rings. The van der Waals surface area contributed by atoms with E-state index in [4.69, 9.17) is 5.11 Å². The van der Waals surface area contributed by atoms with Crippen LogP contribution in [0.5, 0.6) is 0 Å². The minimum absolute atomic E-state index is 0.225. The lowest BCUT2D eigenvalue weighted by molar-refractivity contribution is 0.273. The number of anilines is 1. The number of rotatable bonds is 3. The van der Waals surface area contributed by atoms with Crippen molar-refractivity contribution in [1.82, 2.24) is 0 Å². The first-order chi connectivity index (χ1) is 7.81. The predicted molar refractivity (Wildman–Crippen MR) is 68.0 cm³/mol. The van der Waals surface area contributed by atoms with Gasteiger partial charge in [-0.05, 0) is 37.0 Å². The summed E-state index contributed by atoms with van der Waals surface area (Å²) in [5.41, 5.74) is 2.55. The molecule has 16 heavy (non-hydrogen) atoms. The summed E-state index contributed by atoms with van der Waals surface area (Å²) in [5.74, 6) is 0.246. The lowest BCUT2D eigenvalue weighted by Crippen LogP contribution is -2.29. The Hall–Kier alpha value is -1.02. The number of hydrogen-bond donors (Lipinski definition) is 1. The number of nitrogens with zero attached hydrogens (tertiary/aromatic N) is 1. The minimum atomic E-state index is 0.225. The molecule has 1 aliphatic rings. The van der Waals surface area contributed by atoms with E-state index >= 15 is 0 Å². The van der Waals surface area contributed by atoms with Gasteiger partial charge >= 0.3 is 0 Å². The zero-order chi connectivity index (χ0) is 11.4. The lowest BCUT2D eigenvalue weighted by atomic mass is 10.0. The predicted octanol–water partition coefficient (Wildman–Crippen LogP) is 2.77. The second kappa shape index (κ2) is 5.35. The van der Waals surface area contributed by atoms with Crippen molar-refractivity contribution in [3.05, 3.63) is 29.8 Å². The van der Waals surface area contributed by atoms with Crippen LogP contribution in [0.4, 0.5) is 5.69 Å². The van der Waals surface area contributed by atoms with Gasteiger partial charge in [-0.3, -0.25) is 0 Å². The Labute approximate surface area is 97.9 Å². The third-order valence-corrected chi connectivity index (χ3v) is 3.46. The van der Waals surface area contributed by atoms with Crippen molar-refractivity contribution in [3.63, 3.8) is 0 Å². The highest BCUT2D eigenvalue weighted by Gasteiger charge is 2.11. The molecule has 1 N–H and O–H groups in total. The number of aliphatic hydroxyl groups excluding tert-OH is 1. The Morgan fingerprint density at radius 2 is 1.75 bits per heavy atom. The summed E-state index contributed by atoms with van der Waals surface area (Å²) in [6.07, 6.45) is 4.00. The molecule has 0 bridgehead atoms. The van der Waals surface area contributed by atoms with Crippen LogP contribution in [0.15, 0.2) is 24.3 Å². The molecule has 1 unspecified atom stereocenters. The zero-order valence-corrected chi connectivity index (χ0v) is 10.0. The third-order valence-electron chi connectivity index (χ3n) is 3.46. The Kier molecular flexibility index (Phi) is 3.83. The largest absolute Gasteiger partial charge is 0.396 e. The van der Waals surface area contributed by atoms with E-state index in [1.807, 2.05) is 0 Å². The highest BCUT2D eigenvalue weighted by atomic mass is 16.3. The van der Waals surface area contributed by atoms with Gasteiger partial charge < -0.3 is 10.0 Å². The van der Waals surface area contributed by atoms with Gasteiger partial charge in [0, 0.05) is 31.3 Å². The number of piperidine rings is 1. The quantitative estimate of drug-likeness (QED) is 0.845. The van der Waals surface area contributed by atoms with Crippen molar-refractivity contribution in [2.75, 3.05) is 24.6 Å². The van der Waals surface area contributed by atoms with E-state index in [1.165, 1.54) is 43.6 Å². The summed E-state index contributed by atoms with van der Waals surface area (Å²) in [6, 6.07) is 8.66. The Bertz CT molecular complexity index is 314. The molecule has 88 valence electrons. The second-order valence-corrected chi connectivity index (χ2v) is 4.72. The SMILES string of the molecule is CC(CO)c1ccc(N2CCCCC2)cc1. The van der Waals surface area contributed by atoms with Crippen LogP contribution in [0.25, 0.3) is 0 Å². The first-order valence-electron chi connectivity index (χ1n) is 6.27. The summed E-state index contributed by atoms with van der Waals surface area (Å²) < 4.78 is 0. The molecule has 0 saturated carbocycles. The average molecular weight is 219 g/mol. The summed E-state index contributed by atoms with van der Waals surface area (Å²) in [7, 11) is 0. The fourth-order valence-corrected chi connectivity index (χ4v) is 2.27. The zero-order valence-electron chi connectivity index (χ0n) is 10.0. The normalized spacial score (nSPS) is 18.5. The molecule has 0 radical (unpaired) electrons. The molecule has 2 heteroatoms. The van der Waals surface area contributed by atoms with Gasteiger partial charge in [0.1, 0.15) is 0 Å². The first-order valence-corrected chi connectivity index (χ1v) is 6.27. The van der Waals surface area contributed by atoms with Crippen LogP contribution in [-0.2, 0) is 0 Å². The second-order valence-electron chi connectivity index (χ2n) is 4.72. The third kappa shape index (κ3) is 2.56. The molecule has 1 aromatic carbocycles. The van der Waals surface area contributed by atoms with E-state index in [2.05, 4.69) is 36.1 Å². The maximum absolute atomic E-state index is 9.10. The van der Waals surface area contributed by atoms with Crippen molar-refractivity contribution in [3.8, 4) is 0 Å². The maximum atomic E-state index is 9.10. The van der Waals surface area contributed by atoms with Crippen LogP contribution in [0.1, 0.15) is 37.7 Å². The molecular weight excluding hydrogens is 198 g/mol. The van der Waals surface area contributed by atoms with E-state index in [1.54, 1.807) is 0 Å². The van der Waals surface area contributed by atoms with Gasteiger partial charge in [-0.2, -0.15) is 0 Å². The van der Waals surface area contributed by atoms with Crippen molar-refractivity contribution >= 4 is 5.69 Å². The summed E-state index contributed by atoms with van der Waals surface area (Å²) >= 11 is 0. The fraction of sp³-hybridized carbons (Fsp3) is 0.571. The summed E-state index contributed by atoms with van der Waals surface area (Å²) in [4.78, 5) is 2.46. The van der Waals surface area contributed by atoms with Gasteiger partial charge in [0.25, 0.3) is 0 Å². The van der Waals surface area contributed by atoms with Gasteiger partial charge in [-0.15, -0.1) is 0 Å². The van der Waals surface area contributed by atoms with Crippen LogP contribution >= 0.6 is 0 Å². The molecule has 1 saturated heterocycles. The average Bonchev–Trinajstić information content (AvgIpc) is 2.39. The maximum Gasteiger partial charge on any atom is 0.0497 e. The van der Waals surface area contributed by atoms with E-state index < -0.39 is 0 Å². The van der Waals surface area contributed by atoms with Crippen LogP contribution in [0.3, 0.4) is 0 Å². The fourth-order valence-electron chi connectivity index (χ4n) is 2.27. The standard InChI is InChI=1S/C14H21NO/c1-12(11-16)13-5-7-14(8-6-13)15-9-3-2-4-10-15/h5-8,12,16H,2-4,9-11H2,1H3. The molecule has 0 amide bonds. The van der Waals surface area contributed by atoms with Gasteiger partial charge in [-0.1, -0.05) is 19.1 Å². The van der Waals surface area contributed by atoms with Crippen LogP contribution < -0.4 is 4.90 Å². The lowest BCUT2D eigenvalue weighted by Gasteiger charge is -2.29.